The zero-order chi connectivity index (χ0) is 15.3. The summed E-state index contributed by atoms with van der Waals surface area (Å²) in [6.07, 6.45) is 0.502. The molecule has 0 aromatic heterocycles. The lowest BCUT2D eigenvalue weighted by molar-refractivity contribution is -0.117. The highest BCUT2D eigenvalue weighted by Crippen LogP contribution is 2.28. The minimum absolute atomic E-state index is 0.0210. The van der Waals surface area contributed by atoms with Crippen LogP contribution in [0, 0.1) is 11.3 Å². The predicted octanol–water partition coefficient (Wildman–Crippen LogP) is 3.90. The number of hydrogen-bond donors (Lipinski definition) is 2. The van der Waals surface area contributed by atoms with E-state index in [2.05, 4.69) is 38.2 Å². The van der Waals surface area contributed by atoms with Gasteiger partial charge in [0, 0.05) is 12.1 Å². The molecule has 1 aromatic rings. The number of hydrogen-bond acceptors (Lipinski definition) is 3. The van der Waals surface area contributed by atoms with Gasteiger partial charge in [0.25, 0.3) is 0 Å². The summed E-state index contributed by atoms with van der Waals surface area (Å²) in [6.45, 7) is 10.2. The van der Waals surface area contributed by atoms with Crippen molar-refractivity contribution >= 4 is 17.3 Å². The van der Waals surface area contributed by atoms with E-state index in [9.17, 15) is 4.79 Å². The highest BCUT2D eigenvalue weighted by Gasteiger charge is 2.22. The number of oxime groups is 1. The molecule has 4 nitrogen and oxygen atoms in total. The molecule has 4 heteroatoms. The molecule has 0 fully saturated rings. The van der Waals surface area contributed by atoms with Crippen LogP contribution in [0.3, 0.4) is 0 Å². The number of benzene rings is 1. The van der Waals surface area contributed by atoms with E-state index in [1.807, 2.05) is 24.3 Å². The number of carbonyl (C=O) groups is 1. The van der Waals surface area contributed by atoms with Gasteiger partial charge in [-0.3, -0.25) is 4.79 Å². The SMILES string of the molecule is CC(=NO)c1ccc(NC(=O)CC(C)C(C)(C)C)cc1. The summed E-state index contributed by atoms with van der Waals surface area (Å²) >= 11 is 0. The third-order valence-electron chi connectivity index (χ3n) is 3.71. The molecule has 110 valence electrons. The van der Waals surface area contributed by atoms with Gasteiger partial charge in [-0.05, 0) is 36.0 Å². The van der Waals surface area contributed by atoms with E-state index in [-0.39, 0.29) is 11.3 Å². The van der Waals surface area contributed by atoms with Crippen LogP contribution in [-0.4, -0.2) is 16.8 Å². The van der Waals surface area contributed by atoms with Gasteiger partial charge in [-0.1, -0.05) is 45.0 Å². The van der Waals surface area contributed by atoms with Crippen LogP contribution < -0.4 is 5.32 Å². The second-order valence-corrected chi connectivity index (χ2v) is 6.28. The highest BCUT2D eigenvalue weighted by molar-refractivity contribution is 5.99. The van der Waals surface area contributed by atoms with Crippen LogP contribution in [0.4, 0.5) is 5.69 Å². The van der Waals surface area contributed by atoms with Crippen molar-refractivity contribution in [2.75, 3.05) is 5.32 Å². The first kappa shape index (κ1) is 16.2. The van der Waals surface area contributed by atoms with Crippen LogP contribution in [0.1, 0.15) is 46.6 Å². The van der Waals surface area contributed by atoms with Crippen molar-refractivity contribution in [1.29, 1.82) is 0 Å². The first-order chi connectivity index (χ1) is 9.24. The summed E-state index contributed by atoms with van der Waals surface area (Å²) in [5.74, 6) is 0.332. The summed E-state index contributed by atoms with van der Waals surface area (Å²) in [6, 6.07) is 7.25. The Kier molecular flexibility index (Phi) is 5.31. The average Bonchev–Trinajstić information content (AvgIpc) is 2.37. The molecule has 2 N–H and O–H groups in total. The molecule has 20 heavy (non-hydrogen) atoms. The average molecular weight is 276 g/mol. The Morgan fingerprint density at radius 1 is 1.30 bits per heavy atom. The van der Waals surface area contributed by atoms with Gasteiger partial charge in [0.15, 0.2) is 0 Å². The Morgan fingerprint density at radius 3 is 2.30 bits per heavy atom. The minimum atomic E-state index is 0.0210. The topological polar surface area (TPSA) is 61.7 Å². The molecule has 1 rings (SSSR count). The third-order valence-corrected chi connectivity index (χ3v) is 3.71. The Morgan fingerprint density at radius 2 is 1.85 bits per heavy atom. The van der Waals surface area contributed by atoms with Crippen LogP contribution in [0.15, 0.2) is 29.4 Å². The summed E-state index contributed by atoms with van der Waals surface area (Å²) < 4.78 is 0. The number of amides is 1. The van der Waals surface area contributed by atoms with E-state index < -0.39 is 0 Å². The molecule has 0 aliphatic carbocycles. The maximum Gasteiger partial charge on any atom is 0.224 e. The molecule has 0 spiro atoms. The summed E-state index contributed by atoms with van der Waals surface area (Å²) in [4.78, 5) is 12.0. The van der Waals surface area contributed by atoms with E-state index >= 15 is 0 Å². The molecule has 1 amide bonds. The van der Waals surface area contributed by atoms with Gasteiger partial charge in [0.1, 0.15) is 0 Å². The van der Waals surface area contributed by atoms with Crippen molar-refractivity contribution in [2.45, 2.75) is 41.0 Å². The van der Waals surface area contributed by atoms with E-state index in [4.69, 9.17) is 5.21 Å². The molecule has 0 radical (unpaired) electrons. The predicted molar refractivity (Wildman–Crippen MR) is 82.3 cm³/mol. The second kappa shape index (κ2) is 6.55. The van der Waals surface area contributed by atoms with Crippen molar-refractivity contribution in [3.8, 4) is 0 Å². The fourth-order valence-electron chi connectivity index (χ4n) is 1.65. The molecule has 0 heterocycles. The maximum absolute atomic E-state index is 12.0. The molecule has 1 aromatic carbocycles. The van der Waals surface area contributed by atoms with Crippen LogP contribution >= 0.6 is 0 Å². The Labute approximate surface area is 120 Å². The first-order valence-electron chi connectivity index (χ1n) is 6.83. The molecule has 0 saturated heterocycles. The Bertz CT molecular complexity index is 484. The number of nitrogens with zero attached hydrogens (tertiary/aromatic N) is 1. The molecule has 0 aliphatic rings. The van der Waals surface area contributed by atoms with Gasteiger partial charge >= 0.3 is 0 Å². The largest absolute Gasteiger partial charge is 0.411 e. The quantitative estimate of drug-likeness (QED) is 0.498. The van der Waals surface area contributed by atoms with Crippen LogP contribution in [0.5, 0.6) is 0 Å². The van der Waals surface area contributed by atoms with Gasteiger partial charge in [-0.15, -0.1) is 0 Å². The Hall–Kier alpha value is -1.84. The molecule has 0 bridgehead atoms. The lowest BCUT2D eigenvalue weighted by atomic mass is 9.80. The molecule has 1 atom stereocenters. The fraction of sp³-hybridized carbons (Fsp3) is 0.500. The summed E-state index contributed by atoms with van der Waals surface area (Å²) in [5, 5.41) is 14.7. The van der Waals surface area contributed by atoms with Gasteiger partial charge in [0.2, 0.25) is 5.91 Å². The van der Waals surface area contributed by atoms with Crippen LogP contribution in [0.25, 0.3) is 0 Å². The molecular weight excluding hydrogens is 252 g/mol. The summed E-state index contributed by atoms with van der Waals surface area (Å²) in [7, 11) is 0. The van der Waals surface area contributed by atoms with Crippen molar-refractivity contribution in [1.82, 2.24) is 0 Å². The number of nitrogens with one attached hydrogen (secondary N) is 1. The van der Waals surface area contributed by atoms with Crippen molar-refractivity contribution in [3.63, 3.8) is 0 Å². The van der Waals surface area contributed by atoms with Crippen molar-refractivity contribution in [3.05, 3.63) is 29.8 Å². The Balaban J connectivity index is 2.63. The monoisotopic (exact) mass is 276 g/mol. The van der Waals surface area contributed by atoms with E-state index in [0.717, 1.165) is 11.3 Å². The normalized spacial score (nSPS) is 13.9. The highest BCUT2D eigenvalue weighted by atomic mass is 16.4. The lowest BCUT2D eigenvalue weighted by Crippen LogP contribution is -2.23. The van der Waals surface area contributed by atoms with Crippen LogP contribution in [0.2, 0.25) is 0 Å². The van der Waals surface area contributed by atoms with E-state index in [1.165, 1.54) is 0 Å². The third kappa shape index (κ3) is 4.68. The number of carbonyl (C=O) groups excluding carboxylic acids is 1. The zero-order valence-electron chi connectivity index (χ0n) is 12.9. The summed E-state index contributed by atoms with van der Waals surface area (Å²) in [5.41, 5.74) is 2.25. The first-order valence-corrected chi connectivity index (χ1v) is 6.83. The van der Waals surface area contributed by atoms with Gasteiger partial charge < -0.3 is 10.5 Å². The standard InChI is InChI=1S/C16H24N2O2/c1-11(16(3,4)5)10-15(19)17-14-8-6-13(7-9-14)12(2)18-20/h6-9,11,20H,10H2,1-5H3,(H,17,19). The van der Waals surface area contributed by atoms with Crippen molar-refractivity contribution in [2.24, 2.45) is 16.5 Å². The molecule has 0 aliphatic heterocycles. The van der Waals surface area contributed by atoms with Gasteiger partial charge in [0.05, 0.1) is 5.71 Å². The molecular formula is C16H24N2O2. The van der Waals surface area contributed by atoms with E-state index in [0.29, 0.717) is 18.1 Å². The minimum Gasteiger partial charge on any atom is -0.411 e. The van der Waals surface area contributed by atoms with Crippen molar-refractivity contribution < 1.29 is 10.0 Å². The van der Waals surface area contributed by atoms with Crippen LogP contribution in [-0.2, 0) is 4.79 Å². The lowest BCUT2D eigenvalue weighted by Gasteiger charge is -2.26. The van der Waals surface area contributed by atoms with Gasteiger partial charge in [-0.2, -0.15) is 0 Å². The number of rotatable bonds is 4. The van der Waals surface area contributed by atoms with Gasteiger partial charge in [-0.25, -0.2) is 0 Å². The maximum atomic E-state index is 12.0. The molecule has 0 saturated carbocycles. The fourth-order valence-corrected chi connectivity index (χ4v) is 1.65. The van der Waals surface area contributed by atoms with E-state index in [1.54, 1.807) is 6.92 Å². The molecule has 1 unspecified atom stereocenters. The number of anilines is 1. The smallest absolute Gasteiger partial charge is 0.224 e. The second-order valence-electron chi connectivity index (χ2n) is 6.28. The zero-order valence-corrected chi connectivity index (χ0v) is 12.9.